The number of nitrogens with zero attached hydrogens (tertiary/aromatic N) is 1. The fourth-order valence-electron chi connectivity index (χ4n) is 1.33. The zero-order chi connectivity index (χ0) is 8.48. The largest absolute Gasteiger partial charge is 0.347 e. The van der Waals surface area contributed by atoms with Gasteiger partial charge in [-0.25, -0.2) is 0 Å². The maximum Gasteiger partial charge on any atom is 0.164 e. The number of hydrogen-bond donors (Lipinski definition) is 0. The van der Waals surface area contributed by atoms with E-state index in [1.807, 2.05) is 20.8 Å². The summed E-state index contributed by atoms with van der Waals surface area (Å²) in [5.41, 5.74) is 0. The number of rotatable bonds is 0. The van der Waals surface area contributed by atoms with Gasteiger partial charge in [0.15, 0.2) is 5.79 Å². The molecule has 1 heterocycles. The summed E-state index contributed by atoms with van der Waals surface area (Å²) in [5.74, 6) is -0.599. The lowest BCUT2D eigenvalue weighted by Crippen LogP contribution is -2.42. The Labute approximate surface area is 66.9 Å². The van der Waals surface area contributed by atoms with Gasteiger partial charge in [-0.3, -0.25) is 0 Å². The highest BCUT2D eigenvalue weighted by atomic mass is 16.7. The lowest BCUT2D eigenvalue weighted by Gasteiger charge is -2.36. The maximum absolute atomic E-state index is 8.61. The van der Waals surface area contributed by atoms with E-state index >= 15 is 0 Å². The van der Waals surface area contributed by atoms with Crippen LogP contribution in [-0.2, 0) is 9.47 Å². The molecule has 0 spiro atoms. The third-order valence-electron chi connectivity index (χ3n) is 1.60. The molecule has 3 nitrogen and oxygen atoms in total. The maximum atomic E-state index is 8.61. The molecule has 0 bridgehead atoms. The Balaban J connectivity index is 2.60. The van der Waals surface area contributed by atoms with Gasteiger partial charge in [-0.2, -0.15) is 5.26 Å². The quantitative estimate of drug-likeness (QED) is 0.531. The van der Waals surface area contributed by atoms with Gasteiger partial charge in [-0.15, -0.1) is 0 Å². The molecule has 1 fully saturated rings. The van der Waals surface area contributed by atoms with Crippen LogP contribution in [-0.4, -0.2) is 18.0 Å². The van der Waals surface area contributed by atoms with E-state index in [2.05, 4.69) is 6.07 Å². The minimum atomic E-state index is -0.599. The van der Waals surface area contributed by atoms with Crippen molar-refractivity contribution in [3.63, 3.8) is 0 Å². The Morgan fingerprint density at radius 3 is 2.55 bits per heavy atom. The standard InChI is InChI=1S/C8H13NO2/c1-6-4-7(5-9)11-8(2,3)10-6/h6-7H,4H2,1-3H3/t6-,7-/m0/s1. The van der Waals surface area contributed by atoms with Crippen molar-refractivity contribution in [1.29, 1.82) is 5.26 Å². The lowest BCUT2D eigenvalue weighted by atomic mass is 10.1. The van der Waals surface area contributed by atoms with Gasteiger partial charge in [-0.1, -0.05) is 0 Å². The second-order valence-corrected chi connectivity index (χ2v) is 3.30. The van der Waals surface area contributed by atoms with Crippen molar-refractivity contribution >= 4 is 0 Å². The second-order valence-electron chi connectivity index (χ2n) is 3.30. The van der Waals surface area contributed by atoms with Gasteiger partial charge in [-0.05, 0) is 20.8 Å². The molecule has 1 saturated heterocycles. The van der Waals surface area contributed by atoms with Gasteiger partial charge < -0.3 is 9.47 Å². The first-order chi connectivity index (χ1) is 5.03. The van der Waals surface area contributed by atoms with Gasteiger partial charge in [0, 0.05) is 6.42 Å². The van der Waals surface area contributed by atoms with E-state index < -0.39 is 5.79 Å². The first-order valence-electron chi connectivity index (χ1n) is 3.79. The van der Waals surface area contributed by atoms with E-state index in [1.165, 1.54) is 0 Å². The fourth-order valence-corrected chi connectivity index (χ4v) is 1.33. The smallest absolute Gasteiger partial charge is 0.164 e. The molecule has 0 aromatic heterocycles. The number of ether oxygens (including phenoxy) is 2. The Bertz CT molecular complexity index is 183. The molecule has 0 saturated carbocycles. The zero-order valence-electron chi connectivity index (χ0n) is 7.13. The normalized spacial score (nSPS) is 36.2. The second kappa shape index (κ2) is 2.80. The lowest BCUT2D eigenvalue weighted by molar-refractivity contribution is -0.284. The van der Waals surface area contributed by atoms with Gasteiger partial charge in [0.05, 0.1) is 12.2 Å². The van der Waals surface area contributed by atoms with Crippen LogP contribution in [0.3, 0.4) is 0 Å². The average Bonchev–Trinajstić information content (AvgIpc) is 1.83. The van der Waals surface area contributed by atoms with Crippen molar-refractivity contribution in [3.8, 4) is 6.07 Å². The van der Waals surface area contributed by atoms with Crippen molar-refractivity contribution in [2.75, 3.05) is 0 Å². The Kier molecular flexibility index (Phi) is 2.17. The Morgan fingerprint density at radius 2 is 2.09 bits per heavy atom. The van der Waals surface area contributed by atoms with E-state index in [4.69, 9.17) is 14.7 Å². The van der Waals surface area contributed by atoms with Crippen molar-refractivity contribution < 1.29 is 9.47 Å². The first kappa shape index (κ1) is 8.51. The predicted molar refractivity (Wildman–Crippen MR) is 39.7 cm³/mol. The van der Waals surface area contributed by atoms with Gasteiger partial charge in [0.2, 0.25) is 0 Å². The first-order valence-corrected chi connectivity index (χ1v) is 3.79. The summed E-state index contributed by atoms with van der Waals surface area (Å²) in [7, 11) is 0. The molecular weight excluding hydrogens is 142 g/mol. The van der Waals surface area contributed by atoms with Crippen molar-refractivity contribution in [2.45, 2.75) is 45.2 Å². The molecule has 11 heavy (non-hydrogen) atoms. The molecule has 0 aliphatic carbocycles. The predicted octanol–water partition coefficient (Wildman–Crippen LogP) is 1.44. The highest BCUT2D eigenvalue weighted by Gasteiger charge is 2.33. The van der Waals surface area contributed by atoms with E-state index in [-0.39, 0.29) is 12.2 Å². The molecule has 2 atom stereocenters. The summed E-state index contributed by atoms with van der Waals surface area (Å²) in [6.07, 6.45) is 0.470. The van der Waals surface area contributed by atoms with Gasteiger partial charge in [0.1, 0.15) is 6.10 Å². The molecule has 0 amide bonds. The van der Waals surface area contributed by atoms with E-state index in [9.17, 15) is 0 Å². The van der Waals surface area contributed by atoms with Crippen molar-refractivity contribution in [2.24, 2.45) is 0 Å². The summed E-state index contributed by atoms with van der Waals surface area (Å²) < 4.78 is 10.7. The highest BCUT2D eigenvalue weighted by Crippen LogP contribution is 2.25. The number of hydrogen-bond acceptors (Lipinski definition) is 3. The summed E-state index contributed by atoms with van der Waals surface area (Å²) in [6, 6.07) is 2.09. The molecule has 0 aromatic carbocycles. The zero-order valence-corrected chi connectivity index (χ0v) is 7.13. The molecular formula is C8H13NO2. The molecule has 3 heteroatoms. The van der Waals surface area contributed by atoms with Crippen LogP contribution in [0.1, 0.15) is 27.2 Å². The SMILES string of the molecule is C[C@H]1C[C@@H](C#N)OC(C)(C)O1. The molecule has 0 N–H and O–H groups in total. The summed E-state index contributed by atoms with van der Waals surface area (Å²) in [4.78, 5) is 0. The number of nitriles is 1. The monoisotopic (exact) mass is 155 g/mol. The van der Waals surface area contributed by atoms with E-state index in [0.29, 0.717) is 6.42 Å². The highest BCUT2D eigenvalue weighted by molar-refractivity contribution is 4.89. The summed E-state index contributed by atoms with van der Waals surface area (Å²) >= 11 is 0. The molecule has 0 aromatic rings. The van der Waals surface area contributed by atoms with Crippen LogP contribution in [0, 0.1) is 11.3 Å². The molecule has 1 aliphatic heterocycles. The van der Waals surface area contributed by atoms with Gasteiger partial charge in [0.25, 0.3) is 0 Å². The third kappa shape index (κ3) is 2.18. The molecule has 0 radical (unpaired) electrons. The van der Waals surface area contributed by atoms with Crippen LogP contribution in [0.2, 0.25) is 0 Å². The molecule has 1 aliphatic rings. The molecule has 62 valence electrons. The van der Waals surface area contributed by atoms with Crippen LogP contribution in [0.5, 0.6) is 0 Å². The molecule has 0 unspecified atom stereocenters. The van der Waals surface area contributed by atoms with Crippen LogP contribution in [0.4, 0.5) is 0 Å². The van der Waals surface area contributed by atoms with Crippen LogP contribution >= 0.6 is 0 Å². The minimum Gasteiger partial charge on any atom is -0.347 e. The Hall–Kier alpha value is -0.590. The van der Waals surface area contributed by atoms with Crippen molar-refractivity contribution in [1.82, 2.24) is 0 Å². The Morgan fingerprint density at radius 1 is 1.45 bits per heavy atom. The van der Waals surface area contributed by atoms with Crippen LogP contribution in [0.25, 0.3) is 0 Å². The molecule has 1 rings (SSSR count). The topological polar surface area (TPSA) is 42.2 Å². The van der Waals surface area contributed by atoms with Crippen LogP contribution in [0.15, 0.2) is 0 Å². The van der Waals surface area contributed by atoms with Gasteiger partial charge >= 0.3 is 0 Å². The van der Waals surface area contributed by atoms with E-state index in [0.717, 1.165) is 0 Å². The fraction of sp³-hybridized carbons (Fsp3) is 0.875. The average molecular weight is 155 g/mol. The summed E-state index contributed by atoms with van der Waals surface area (Å²) in [6.45, 7) is 5.61. The summed E-state index contributed by atoms with van der Waals surface area (Å²) in [5, 5.41) is 8.61. The van der Waals surface area contributed by atoms with E-state index in [1.54, 1.807) is 0 Å². The van der Waals surface area contributed by atoms with Crippen molar-refractivity contribution in [3.05, 3.63) is 0 Å². The minimum absolute atomic E-state index is 0.114. The third-order valence-corrected chi connectivity index (χ3v) is 1.60. The van der Waals surface area contributed by atoms with Crippen LogP contribution < -0.4 is 0 Å².